The Morgan fingerprint density at radius 1 is 1.04 bits per heavy atom. The van der Waals surface area contributed by atoms with Crippen LogP contribution in [0.3, 0.4) is 0 Å². The molecule has 0 atom stereocenters. The molecule has 2 rings (SSSR count). The molecular weight excluding hydrogens is 310 g/mol. The van der Waals surface area contributed by atoms with E-state index in [-0.39, 0.29) is 18.3 Å². The van der Waals surface area contributed by atoms with Gasteiger partial charge >= 0.3 is 0 Å². The van der Waals surface area contributed by atoms with E-state index < -0.39 is 0 Å². The van der Waals surface area contributed by atoms with Gasteiger partial charge in [-0.1, -0.05) is 43.2 Å². The number of carbonyl (C=O) groups is 1. The number of halogens is 1. The SMILES string of the molecule is Cl.NCCN(CCc1ccccc1)CC(=O)N1CCCCCC1. The number of carbonyl (C=O) groups excluding carboxylic acids is 1. The molecule has 5 heteroatoms. The smallest absolute Gasteiger partial charge is 0.236 e. The lowest BCUT2D eigenvalue weighted by Crippen LogP contribution is -2.43. The average Bonchev–Trinajstić information content (AvgIpc) is 2.83. The molecule has 1 fully saturated rings. The standard InChI is InChI=1S/C18H29N3O.ClH/c19-11-15-20(14-10-17-8-4-3-5-9-17)16-18(22)21-12-6-1-2-7-13-21;/h3-5,8-9H,1-2,6-7,10-16,19H2;1H. The van der Waals surface area contributed by atoms with Crippen LogP contribution in [-0.2, 0) is 11.2 Å². The Hall–Kier alpha value is -1.10. The van der Waals surface area contributed by atoms with Crippen LogP contribution in [0.2, 0.25) is 0 Å². The molecule has 0 radical (unpaired) electrons. The van der Waals surface area contributed by atoms with Crippen molar-refractivity contribution in [1.82, 2.24) is 9.80 Å². The van der Waals surface area contributed by atoms with Crippen LogP contribution in [0, 0.1) is 0 Å². The van der Waals surface area contributed by atoms with Crippen LogP contribution in [0.25, 0.3) is 0 Å². The van der Waals surface area contributed by atoms with Gasteiger partial charge in [0.25, 0.3) is 0 Å². The fourth-order valence-corrected chi connectivity index (χ4v) is 3.00. The Labute approximate surface area is 146 Å². The van der Waals surface area contributed by atoms with E-state index in [4.69, 9.17) is 5.73 Å². The van der Waals surface area contributed by atoms with Crippen molar-refractivity contribution in [2.75, 3.05) is 39.3 Å². The summed E-state index contributed by atoms with van der Waals surface area (Å²) >= 11 is 0. The van der Waals surface area contributed by atoms with Crippen molar-refractivity contribution in [3.05, 3.63) is 35.9 Å². The largest absolute Gasteiger partial charge is 0.342 e. The first-order valence-electron chi connectivity index (χ1n) is 8.53. The maximum absolute atomic E-state index is 12.5. The molecule has 1 amide bonds. The molecule has 2 N–H and O–H groups in total. The Balaban J connectivity index is 0.00000264. The molecule has 1 aliphatic rings. The molecule has 23 heavy (non-hydrogen) atoms. The molecule has 1 heterocycles. The summed E-state index contributed by atoms with van der Waals surface area (Å²) in [5.41, 5.74) is 7.02. The Morgan fingerprint density at radius 3 is 2.30 bits per heavy atom. The highest BCUT2D eigenvalue weighted by molar-refractivity contribution is 5.85. The number of benzene rings is 1. The fourth-order valence-electron chi connectivity index (χ4n) is 3.00. The highest BCUT2D eigenvalue weighted by Crippen LogP contribution is 2.10. The van der Waals surface area contributed by atoms with Gasteiger partial charge in [-0.3, -0.25) is 9.69 Å². The van der Waals surface area contributed by atoms with Crippen molar-refractivity contribution in [3.8, 4) is 0 Å². The summed E-state index contributed by atoms with van der Waals surface area (Å²) in [6.07, 6.45) is 5.77. The molecule has 1 aromatic carbocycles. The lowest BCUT2D eigenvalue weighted by molar-refractivity contribution is -0.132. The lowest BCUT2D eigenvalue weighted by atomic mass is 10.1. The van der Waals surface area contributed by atoms with Gasteiger partial charge < -0.3 is 10.6 Å². The molecule has 0 bridgehead atoms. The van der Waals surface area contributed by atoms with Crippen molar-refractivity contribution < 1.29 is 4.79 Å². The molecule has 0 unspecified atom stereocenters. The minimum atomic E-state index is 0. The highest BCUT2D eigenvalue weighted by Gasteiger charge is 2.18. The van der Waals surface area contributed by atoms with Gasteiger partial charge in [0.2, 0.25) is 5.91 Å². The second kappa shape index (κ2) is 11.4. The minimum Gasteiger partial charge on any atom is -0.342 e. The van der Waals surface area contributed by atoms with Crippen LogP contribution in [0.4, 0.5) is 0 Å². The molecule has 130 valence electrons. The van der Waals surface area contributed by atoms with Crippen molar-refractivity contribution >= 4 is 18.3 Å². The van der Waals surface area contributed by atoms with Gasteiger partial charge in [0.05, 0.1) is 6.54 Å². The van der Waals surface area contributed by atoms with E-state index in [0.717, 1.165) is 45.4 Å². The summed E-state index contributed by atoms with van der Waals surface area (Å²) in [6, 6.07) is 10.4. The molecule has 0 spiro atoms. The van der Waals surface area contributed by atoms with Crippen LogP contribution in [0.5, 0.6) is 0 Å². The Bertz CT molecular complexity index is 433. The van der Waals surface area contributed by atoms with Gasteiger partial charge in [-0.25, -0.2) is 0 Å². The predicted molar refractivity (Wildman–Crippen MR) is 97.9 cm³/mol. The van der Waals surface area contributed by atoms with E-state index in [1.54, 1.807) is 0 Å². The second-order valence-corrected chi connectivity index (χ2v) is 6.10. The van der Waals surface area contributed by atoms with Gasteiger partial charge in [0.1, 0.15) is 0 Å². The van der Waals surface area contributed by atoms with Crippen LogP contribution < -0.4 is 5.73 Å². The zero-order valence-electron chi connectivity index (χ0n) is 14.0. The van der Waals surface area contributed by atoms with E-state index >= 15 is 0 Å². The van der Waals surface area contributed by atoms with Gasteiger partial charge in [-0.05, 0) is 24.8 Å². The first-order valence-corrected chi connectivity index (χ1v) is 8.53. The summed E-state index contributed by atoms with van der Waals surface area (Å²) in [6.45, 7) is 4.63. The maximum atomic E-state index is 12.5. The molecule has 1 saturated heterocycles. The van der Waals surface area contributed by atoms with E-state index in [2.05, 4.69) is 29.2 Å². The maximum Gasteiger partial charge on any atom is 0.236 e. The van der Waals surface area contributed by atoms with Crippen LogP contribution in [0.15, 0.2) is 30.3 Å². The number of rotatable bonds is 7. The summed E-state index contributed by atoms with van der Waals surface area (Å²) in [5.74, 6) is 0.267. The summed E-state index contributed by atoms with van der Waals surface area (Å²) < 4.78 is 0. The average molecular weight is 340 g/mol. The van der Waals surface area contributed by atoms with Gasteiger partial charge in [0.15, 0.2) is 0 Å². The number of nitrogens with zero attached hydrogens (tertiary/aromatic N) is 2. The van der Waals surface area contributed by atoms with Crippen LogP contribution in [0.1, 0.15) is 31.2 Å². The summed E-state index contributed by atoms with van der Waals surface area (Å²) in [4.78, 5) is 16.7. The summed E-state index contributed by atoms with van der Waals surface area (Å²) in [7, 11) is 0. The van der Waals surface area contributed by atoms with Gasteiger partial charge in [-0.2, -0.15) is 0 Å². The molecular formula is C18H30ClN3O. The molecule has 1 aromatic rings. The monoisotopic (exact) mass is 339 g/mol. The Kier molecular flexibility index (Phi) is 9.92. The van der Waals surface area contributed by atoms with E-state index in [1.165, 1.54) is 18.4 Å². The zero-order valence-corrected chi connectivity index (χ0v) is 14.8. The van der Waals surface area contributed by atoms with Crippen LogP contribution >= 0.6 is 12.4 Å². The molecule has 1 aliphatic heterocycles. The number of hydrogen-bond donors (Lipinski definition) is 1. The van der Waals surface area contributed by atoms with Gasteiger partial charge in [0, 0.05) is 32.7 Å². The van der Waals surface area contributed by atoms with Crippen molar-refractivity contribution in [2.45, 2.75) is 32.1 Å². The van der Waals surface area contributed by atoms with Crippen molar-refractivity contribution in [2.24, 2.45) is 5.73 Å². The lowest BCUT2D eigenvalue weighted by Gasteiger charge is -2.26. The second-order valence-electron chi connectivity index (χ2n) is 6.10. The third kappa shape index (κ3) is 7.34. The summed E-state index contributed by atoms with van der Waals surface area (Å²) in [5, 5.41) is 0. The minimum absolute atomic E-state index is 0. The van der Waals surface area contributed by atoms with Crippen molar-refractivity contribution in [3.63, 3.8) is 0 Å². The van der Waals surface area contributed by atoms with Gasteiger partial charge in [-0.15, -0.1) is 12.4 Å². The molecule has 0 aliphatic carbocycles. The molecule has 4 nitrogen and oxygen atoms in total. The quantitative estimate of drug-likeness (QED) is 0.829. The topological polar surface area (TPSA) is 49.6 Å². The Morgan fingerprint density at radius 2 is 1.70 bits per heavy atom. The first-order chi connectivity index (χ1) is 10.8. The normalized spacial score (nSPS) is 15.1. The van der Waals surface area contributed by atoms with Crippen molar-refractivity contribution in [1.29, 1.82) is 0 Å². The third-order valence-electron chi connectivity index (χ3n) is 4.32. The number of amides is 1. The van der Waals surface area contributed by atoms with Crippen LogP contribution in [-0.4, -0.2) is 55.0 Å². The van der Waals surface area contributed by atoms with E-state index in [0.29, 0.717) is 13.1 Å². The highest BCUT2D eigenvalue weighted by atomic mass is 35.5. The predicted octanol–water partition coefficient (Wildman–Crippen LogP) is 2.31. The molecule has 0 aromatic heterocycles. The molecule has 0 saturated carbocycles. The zero-order chi connectivity index (χ0) is 15.6. The third-order valence-corrected chi connectivity index (χ3v) is 4.32. The fraction of sp³-hybridized carbons (Fsp3) is 0.611. The number of nitrogens with two attached hydrogens (primary N) is 1. The number of likely N-dealkylation sites (tertiary alicyclic amines) is 1. The first kappa shape index (κ1) is 19.9. The van der Waals surface area contributed by atoms with E-state index in [1.807, 2.05) is 11.0 Å². The number of hydrogen-bond acceptors (Lipinski definition) is 3. The van der Waals surface area contributed by atoms with E-state index in [9.17, 15) is 4.79 Å².